The molecule has 1 nitrogen and oxygen atoms in total. The summed E-state index contributed by atoms with van der Waals surface area (Å²) in [7, 11) is 0. The summed E-state index contributed by atoms with van der Waals surface area (Å²) in [6.07, 6.45) is 0. The van der Waals surface area contributed by atoms with Crippen molar-refractivity contribution in [3.05, 3.63) is 22.4 Å². The summed E-state index contributed by atoms with van der Waals surface area (Å²) in [6.45, 7) is 0. The molecule has 0 aliphatic carbocycles. The summed E-state index contributed by atoms with van der Waals surface area (Å²) in [5.41, 5.74) is 0. The number of hydrogen-bond donors (Lipinski definition) is 0. The zero-order chi connectivity index (χ0) is 6.53. The third-order valence-electron chi connectivity index (χ3n) is 0.859. The van der Waals surface area contributed by atoms with Crippen LogP contribution in [0.2, 0.25) is 0 Å². The van der Waals surface area contributed by atoms with Gasteiger partial charge in [0.05, 0.1) is 0 Å². The smallest absolute Gasteiger partial charge is 0.133 e. The lowest BCUT2D eigenvalue weighted by atomic mass is 10.5. The van der Waals surface area contributed by atoms with Crippen LogP contribution in [0.1, 0.15) is 4.88 Å². The Morgan fingerprint density at radius 3 is 3.22 bits per heavy atom. The first-order valence-corrected chi connectivity index (χ1v) is 4.33. The lowest BCUT2D eigenvalue weighted by Crippen LogP contribution is -1.65. The number of thioether (sulfide) groups is 1. The van der Waals surface area contributed by atoms with Crippen molar-refractivity contribution < 1.29 is 0 Å². The standard InChI is InChI=1S/C6H5NS2/c7-5-8-4-6-2-1-3-9-6/h1-3H,4H2. The van der Waals surface area contributed by atoms with Crippen molar-refractivity contribution in [3.8, 4) is 5.40 Å². The van der Waals surface area contributed by atoms with Crippen molar-refractivity contribution >= 4 is 23.1 Å². The molecule has 0 fully saturated rings. The largest absolute Gasteiger partial charge is 0.185 e. The van der Waals surface area contributed by atoms with Crippen LogP contribution in [0.15, 0.2) is 17.5 Å². The van der Waals surface area contributed by atoms with E-state index in [1.807, 2.05) is 22.9 Å². The van der Waals surface area contributed by atoms with Crippen LogP contribution in [0.4, 0.5) is 0 Å². The minimum Gasteiger partial charge on any atom is -0.185 e. The van der Waals surface area contributed by atoms with Gasteiger partial charge >= 0.3 is 0 Å². The maximum Gasteiger partial charge on any atom is 0.133 e. The molecule has 3 heteroatoms. The summed E-state index contributed by atoms with van der Waals surface area (Å²) in [5.74, 6) is 0.828. The van der Waals surface area contributed by atoms with Gasteiger partial charge in [0.15, 0.2) is 0 Å². The van der Waals surface area contributed by atoms with Gasteiger partial charge < -0.3 is 0 Å². The van der Waals surface area contributed by atoms with Crippen molar-refractivity contribution in [3.63, 3.8) is 0 Å². The third-order valence-corrected chi connectivity index (χ3v) is 2.50. The molecule has 0 atom stereocenters. The topological polar surface area (TPSA) is 23.8 Å². The van der Waals surface area contributed by atoms with Crippen LogP contribution < -0.4 is 0 Å². The highest BCUT2D eigenvalue weighted by molar-refractivity contribution is 8.03. The van der Waals surface area contributed by atoms with Gasteiger partial charge in [0.1, 0.15) is 5.40 Å². The van der Waals surface area contributed by atoms with E-state index in [2.05, 4.69) is 0 Å². The molecule has 1 heterocycles. The molecule has 1 rings (SSSR count). The highest BCUT2D eigenvalue weighted by Gasteiger charge is 1.90. The lowest BCUT2D eigenvalue weighted by Gasteiger charge is -1.83. The van der Waals surface area contributed by atoms with Crippen molar-refractivity contribution in [1.82, 2.24) is 0 Å². The van der Waals surface area contributed by atoms with E-state index in [0.717, 1.165) is 5.75 Å². The first-order valence-electron chi connectivity index (χ1n) is 2.47. The zero-order valence-electron chi connectivity index (χ0n) is 4.70. The normalized spacial score (nSPS) is 8.78. The predicted molar refractivity (Wildman–Crippen MR) is 41.2 cm³/mol. The van der Waals surface area contributed by atoms with Gasteiger partial charge in [-0.2, -0.15) is 5.26 Å². The molecule has 46 valence electrons. The van der Waals surface area contributed by atoms with E-state index < -0.39 is 0 Å². The number of nitrogens with zero attached hydrogens (tertiary/aromatic N) is 1. The summed E-state index contributed by atoms with van der Waals surface area (Å²) >= 11 is 2.97. The van der Waals surface area contributed by atoms with Crippen LogP contribution in [0.3, 0.4) is 0 Å². The second-order valence-corrected chi connectivity index (χ2v) is 3.25. The Morgan fingerprint density at radius 2 is 2.67 bits per heavy atom. The molecule has 0 unspecified atom stereocenters. The Bertz CT molecular complexity index is 197. The molecular weight excluding hydrogens is 150 g/mol. The van der Waals surface area contributed by atoms with Gasteiger partial charge in [0.2, 0.25) is 0 Å². The first kappa shape index (κ1) is 6.66. The number of nitriles is 1. The highest BCUT2D eigenvalue weighted by atomic mass is 32.2. The average molecular weight is 155 g/mol. The summed E-state index contributed by atoms with van der Waals surface area (Å²) in [5, 5.41) is 12.2. The Hall–Kier alpha value is -0.460. The van der Waals surface area contributed by atoms with Gasteiger partial charge in [-0.15, -0.1) is 11.3 Å². The van der Waals surface area contributed by atoms with Crippen LogP contribution in [0.25, 0.3) is 0 Å². The Morgan fingerprint density at radius 1 is 1.78 bits per heavy atom. The Kier molecular flexibility index (Phi) is 2.62. The molecule has 0 N–H and O–H groups in total. The van der Waals surface area contributed by atoms with E-state index in [4.69, 9.17) is 5.26 Å². The molecule has 0 saturated heterocycles. The molecule has 0 radical (unpaired) electrons. The number of thiophene rings is 1. The van der Waals surface area contributed by atoms with Gasteiger partial charge in [-0.1, -0.05) is 6.07 Å². The molecule has 1 aromatic heterocycles. The lowest BCUT2D eigenvalue weighted by molar-refractivity contribution is 1.54. The molecule has 0 spiro atoms. The van der Waals surface area contributed by atoms with Gasteiger partial charge in [-0.3, -0.25) is 0 Å². The van der Waals surface area contributed by atoms with Crippen molar-refractivity contribution in [2.45, 2.75) is 5.75 Å². The molecule has 1 aromatic rings. The van der Waals surface area contributed by atoms with E-state index in [1.165, 1.54) is 16.6 Å². The predicted octanol–water partition coefficient (Wildman–Crippen LogP) is 2.46. The molecular formula is C6H5NS2. The van der Waals surface area contributed by atoms with E-state index in [1.54, 1.807) is 11.3 Å². The van der Waals surface area contributed by atoms with Crippen molar-refractivity contribution in [1.29, 1.82) is 5.26 Å². The molecule has 0 aromatic carbocycles. The van der Waals surface area contributed by atoms with Crippen LogP contribution >= 0.6 is 23.1 Å². The van der Waals surface area contributed by atoms with Gasteiger partial charge in [-0.25, -0.2) is 0 Å². The molecule has 9 heavy (non-hydrogen) atoms. The summed E-state index contributed by atoms with van der Waals surface area (Å²) in [6, 6.07) is 4.03. The molecule has 0 amide bonds. The summed E-state index contributed by atoms with van der Waals surface area (Å²) in [4.78, 5) is 1.27. The maximum absolute atomic E-state index is 8.18. The second-order valence-electron chi connectivity index (χ2n) is 1.46. The second kappa shape index (κ2) is 3.54. The van der Waals surface area contributed by atoms with E-state index in [9.17, 15) is 0 Å². The fourth-order valence-electron chi connectivity index (χ4n) is 0.498. The molecule has 0 aliphatic heterocycles. The van der Waals surface area contributed by atoms with Crippen molar-refractivity contribution in [2.75, 3.05) is 0 Å². The van der Waals surface area contributed by atoms with Gasteiger partial charge in [0.25, 0.3) is 0 Å². The first-order chi connectivity index (χ1) is 4.43. The van der Waals surface area contributed by atoms with Crippen LogP contribution in [-0.2, 0) is 5.75 Å². The van der Waals surface area contributed by atoms with E-state index >= 15 is 0 Å². The fourth-order valence-corrected chi connectivity index (χ4v) is 1.74. The van der Waals surface area contributed by atoms with Crippen LogP contribution in [0.5, 0.6) is 0 Å². The van der Waals surface area contributed by atoms with E-state index in [-0.39, 0.29) is 0 Å². The molecule has 0 bridgehead atoms. The SMILES string of the molecule is N#CSCc1cccs1. The maximum atomic E-state index is 8.18. The number of rotatable bonds is 2. The number of hydrogen-bond acceptors (Lipinski definition) is 3. The minimum absolute atomic E-state index is 0.828. The average Bonchev–Trinajstić information content (AvgIpc) is 2.34. The van der Waals surface area contributed by atoms with Crippen LogP contribution in [-0.4, -0.2) is 0 Å². The van der Waals surface area contributed by atoms with Gasteiger partial charge in [0, 0.05) is 10.6 Å². The van der Waals surface area contributed by atoms with Gasteiger partial charge in [-0.05, 0) is 23.2 Å². The third kappa shape index (κ3) is 2.08. The van der Waals surface area contributed by atoms with Crippen molar-refractivity contribution in [2.24, 2.45) is 0 Å². The minimum atomic E-state index is 0.828. The molecule has 0 aliphatic rings. The fraction of sp³-hybridized carbons (Fsp3) is 0.167. The molecule has 0 saturated carbocycles. The zero-order valence-corrected chi connectivity index (χ0v) is 6.34. The highest BCUT2D eigenvalue weighted by Crippen LogP contribution is 2.15. The number of thiocyanates is 1. The summed E-state index contributed by atoms with van der Waals surface area (Å²) < 4.78 is 0. The quantitative estimate of drug-likeness (QED) is 0.612. The Balaban J connectivity index is 2.41. The van der Waals surface area contributed by atoms with Crippen LogP contribution in [0, 0.1) is 10.7 Å². The monoisotopic (exact) mass is 155 g/mol. The Labute approximate surface area is 62.3 Å². The van der Waals surface area contributed by atoms with E-state index in [0.29, 0.717) is 0 Å².